The van der Waals surface area contributed by atoms with E-state index < -0.39 is 0 Å². The number of terminal acetylenes is 1. The molecule has 17 heavy (non-hydrogen) atoms. The largest absolute Gasteiger partial charge is 0.356 e. The van der Waals surface area contributed by atoms with Gasteiger partial charge in [-0.2, -0.15) is 0 Å². The summed E-state index contributed by atoms with van der Waals surface area (Å²) in [6, 6.07) is 0. The van der Waals surface area contributed by atoms with Gasteiger partial charge in [-0.3, -0.25) is 4.79 Å². The Kier molecular flexibility index (Phi) is 18.9. The van der Waals surface area contributed by atoms with E-state index in [-0.39, 0.29) is 5.91 Å². The van der Waals surface area contributed by atoms with Crippen molar-refractivity contribution in [3.63, 3.8) is 0 Å². The molecule has 1 amide bonds. The van der Waals surface area contributed by atoms with E-state index in [1.807, 2.05) is 13.8 Å². The van der Waals surface area contributed by atoms with Crippen molar-refractivity contribution in [1.29, 1.82) is 0 Å². The molecule has 0 aromatic heterocycles. The maximum absolute atomic E-state index is 11.2. The Hall–Kier alpha value is -0.970. The molecule has 0 aromatic carbocycles. The van der Waals surface area contributed by atoms with Crippen LogP contribution < -0.4 is 5.32 Å². The van der Waals surface area contributed by atoms with E-state index in [4.69, 9.17) is 6.42 Å². The Bertz CT molecular complexity index is 194. The first kappa shape index (κ1) is 18.4. The lowest BCUT2D eigenvalue weighted by atomic mass is 10.1. The number of carbonyl (C=O) groups is 1. The summed E-state index contributed by atoms with van der Waals surface area (Å²) in [5.41, 5.74) is 0. The zero-order valence-electron chi connectivity index (χ0n) is 11.8. The van der Waals surface area contributed by atoms with Gasteiger partial charge in [0.1, 0.15) is 0 Å². The van der Waals surface area contributed by atoms with Crippen molar-refractivity contribution in [2.45, 2.75) is 72.1 Å². The Morgan fingerprint density at radius 1 is 1.12 bits per heavy atom. The molecule has 2 heteroatoms. The van der Waals surface area contributed by atoms with E-state index in [0.29, 0.717) is 6.42 Å². The molecule has 0 radical (unpaired) electrons. The molecular weight excluding hydrogens is 210 g/mol. The van der Waals surface area contributed by atoms with Gasteiger partial charge < -0.3 is 5.32 Å². The van der Waals surface area contributed by atoms with Crippen LogP contribution in [0.4, 0.5) is 0 Å². The molecule has 0 saturated carbocycles. The molecule has 0 aliphatic rings. The molecule has 0 aliphatic carbocycles. The third kappa shape index (κ3) is 17.6. The van der Waals surface area contributed by atoms with Crippen molar-refractivity contribution in [1.82, 2.24) is 5.32 Å². The Morgan fingerprint density at radius 3 is 2.29 bits per heavy atom. The van der Waals surface area contributed by atoms with Crippen LogP contribution in [0.2, 0.25) is 0 Å². The van der Waals surface area contributed by atoms with Gasteiger partial charge in [-0.05, 0) is 19.3 Å². The van der Waals surface area contributed by atoms with Gasteiger partial charge in [0.2, 0.25) is 5.91 Å². The summed E-state index contributed by atoms with van der Waals surface area (Å²) in [4.78, 5) is 11.2. The summed E-state index contributed by atoms with van der Waals surface area (Å²) in [6.07, 6.45) is 13.4. The molecule has 0 aromatic rings. The van der Waals surface area contributed by atoms with Crippen LogP contribution >= 0.6 is 0 Å². The normalized spacial score (nSPS) is 8.82. The number of carbonyl (C=O) groups excluding carboxylic acids is 1. The van der Waals surface area contributed by atoms with Crippen LogP contribution in [0.15, 0.2) is 0 Å². The number of hydrogen-bond acceptors (Lipinski definition) is 1. The second-order valence-electron chi connectivity index (χ2n) is 3.82. The average Bonchev–Trinajstić information content (AvgIpc) is 2.37. The van der Waals surface area contributed by atoms with Crippen molar-refractivity contribution >= 4 is 5.91 Å². The van der Waals surface area contributed by atoms with Gasteiger partial charge in [0, 0.05) is 19.4 Å². The molecule has 0 fully saturated rings. The van der Waals surface area contributed by atoms with E-state index in [9.17, 15) is 4.79 Å². The molecule has 0 aliphatic heterocycles. The molecule has 0 spiro atoms. The van der Waals surface area contributed by atoms with Gasteiger partial charge in [0.05, 0.1) is 0 Å². The Morgan fingerprint density at radius 2 is 1.71 bits per heavy atom. The maximum Gasteiger partial charge on any atom is 0.219 e. The molecule has 0 saturated heterocycles. The quantitative estimate of drug-likeness (QED) is 0.480. The van der Waals surface area contributed by atoms with Gasteiger partial charge in [-0.15, -0.1) is 12.3 Å². The number of unbranched alkanes of at least 4 members (excludes halogenated alkanes) is 5. The van der Waals surface area contributed by atoms with E-state index in [2.05, 4.69) is 18.2 Å². The second-order valence-corrected chi connectivity index (χ2v) is 3.82. The fourth-order valence-electron chi connectivity index (χ4n) is 1.40. The lowest BCUT2D eigenvalue weighted by Crippen LogP contribution is -2.23. The molecule has 0 rings (SSSR count). The van der Waals surface area contributed by atoms with Crippen LogP contribution in [0.3, 0.4) is 0 Å². The molecule has 0 bridgehead atoms. The molecule has 0 atom stereocenters. The Labute approximate surface area is 108 Å². The third-order valence-electron chi connectivity index (χ3n) is 2.30. The van der Waals surface area contributed by atoms with E-state index in [1.54, 1.807) is 0 Å². The van der Waals surface area contributed by atoms with Gasteiger partial charge >= 0.3 is 0 Å². The first-order chi connectivity index (χ1) is 8.31. The predicted molar refractivity (Wildman–Crippen MR) is 75.8 cm³/mol. The molecular formula is C15H29NO. The van der Waals surface area contributed by atoms with Crippen molar-refractivity contribution in [2.24, 2.45) is 0 Å². The number of amides is 1. The molecule has 2 nitrogen and oxygen atoms in total. The van der Waals surface area contributed by atoms with Crippen LogP contribution in [0.1, 0.15) is 72.1 Å². The first-order valence-electron chi connectivity index (χ1n) is 7.01. The fraction of sp³-hybridized carbons (Fsp3) is 0.800. The van der Waals surface area contributed by atoms with Crippen LogP contribution in [-0.4, -0.2) is 12.5 Å². The highest BCUT2D eigenvalue weighted by Gasteiger charge is 1.98. The minimum atomic E-state index is 0.195. The minimum absolute atomic E-state index is 0.195. The van der Waals surface area contributed by atoms with Gasteiger partial charge in [0.25, 0.3) is 0 Å². The van der Waals surface area contributed by atoms with Gasteiger partial charge in [-0.25, -0.2) is 0 Å². The first-order valence-corrected chi connectivity index (χ1v) is 7.01. The van der Waals surface area contributed by atoms with Crippen molar-refractivity contribution < 1.29 is 4.79 Å². The van der Waals surface area contributed by atoms with Gasteiger partial charge in [-0.1, -0.05) is 40.0 Å². The zero-order valence-corrected chi connectivity index (χ0v) is 11.8. The molecule has 0 heterocycles. The van der Waals surface area contributed by atoms with Crippen LogP contribution in [0.5, 0.6) is 0 Å². The highest BCUT2D eigenvalue weighted by Crippen LogP contribution is 2.06. The standard InChI is InChI=1S/C13H23NO.C2H6/c1-3-5-6-7-8-9-10-11-13(15)14-12-4-2;1-2/h1H,4-12H2,2H3,(H,14,15);1-2H3. The minimum Gasteiger partial charge on any atom is -0.356 e. The van der Waals surface area contributed by atoms with Crippen molar-refractivity contribution in [3.05, 3.63) is 0 Å². The Balaban J connectivity index is 0. The van der Waals surface area contributed by atoms with Crippen LogP contribution in [0.25, 0.3) is 0 Å². The molecule has 100 valence electrons. The van der Waals surface area contributed by atoms with Gasteiger partial charge in [0.15, 0.2) is 0 Å². The van der Waals surface area contributed by atoms with Crippen molar-refractivity contribution in [2.75, 3.05) is 6.54 Å². The highest BCUT2D eigenvalue weighted by molar-refractivity contribution is 5.75. The summed E-state index contributed by atoms with van der Waals surface area (Å²) in [7, 11) is 0. The zero-order chi connectivity index (χ0) is 13.4. The smallest absolute Gasteiger partial charge is 0.219 e. The fourth-order valence-corrected chi connectivity index (χ4v) is 1.40. The van der Waals surface area contributed by atoms with Crippen molar-refractivity contribution in [3.8, 4) is 12.3 Å². The van der Waals surface area contributed by atoms with Crippen LogP contribution in [0, 0.1) is 12.3 Å². The molecule has 0 unspecified atom stereocenters. The lowest BCUT2D eigenvalue weighted by molar-refractivity contribution is -0.121. The maximum atomic E-state index is 11.2. The SMILES string of the molecule is C#CCCCCCCCC(=O)NCCC.CC. The average molecular weight is 239 g/mol. The van der Waals surface area contributed by atoms with E-state index >= 15 is 0 Å². The predicted octanol–water partition coefficient (Wildman–Crippen LogP) is 3.90. The third-order valence-corrected chi connectivity index (χ3v) is 2.30. The van der Waals surface area contributed by atoms with Crippen LogP contribution in [-0.2, 0) is 4.79 Å². The highest BCUT2D eigenvalue weighted by atomic mass is 16.1. The summed E-state index contributed by atoms with van der Waals surface area (Å²) in [5.74, 6) is 2.83. The topological polar surface area (TPSA) is 29.1 Å². The summed E-state index contributed by atoms with van der Waals surface area (Å²) < 4.78 is 0. The summed E-state index contributed by atoms with van der Waals surface area (Å²) in [5, 5.41) is 2.88. The number of rotatable bonds is 9. The number of hydrogen-bond donors (Lipinski definition) is 1. The molecule has 1 N–H and O–H groups in total. The second kappa shape index (κ2) is 17.4. The summed E-state index contributed by atoms with van der Waals surface area (Å²) >= 11 is 0. The summed E-state index contributed by atoms with van der Waals surface area (Å²) in [6.45, 7) is 6.87. The lowest BCUT2D eigenvalue weighted by Gasteiger charge is -2.03. The van der Waals surface area contributed by atoms with E-state index in [0.717, 1.165) is 38.6 Å². The monoisotopic (exact) mass is 239 g/mol. The number of nitrogens with one attached hydrogen (secondary N) is 1. The van der Waals surface area contributed by atoms with E-state index in [1.165, 1.54) is 12.8 Å².